The number of amides is 1. The first-order chi connectivity index (χ1) is 8.20. The third kappa shape index (κ3) is 3.14. The molecule has 18 heavy (non-hydrogen) atoms. The van der Waals surface area contributed by atoms with Crippen molar-refractivity contribution >= 4 is 17.7 Å². The van der Waals surface area contributed by atoms with Crippen LogP contribution in [-0.4, -0.2) is 68.0 Å². The van der Waals surface area contributed by atoms with Crippen molar-refractivity contribution in [2.24, 2.45) is 5.73 Å². The molecule has 1 fully saturated rings. The van der Waals surface area contributed by atoms with Crippen molar-refractivity contribution in [2.45, 2.75) is 42.4 Å². The van der Waals surface area contributed by atoms with Gasteiger partial charge < -0.3 is 30.9 Å². The average Bonchev–Trinajstić information content (AvgIpc) is 2.29. The zero-order valence-electron chi connectivity index (χ0n) is 10.1. The number of primary amides is 1. The Morgan fingerprint density at radius 1 is 1.33 bits per heavy atom. The smallest absolute Gasteiger partial charge is 0.249 e. The Labute approximate surface area is 109 Å². The molecule has 8 heteroatoms. The minimum atomic E-state index is -1.98. The number of aliphatic hydroxyl groups excluding tert-OH is 3. The van der Waals surface area contributed by atoms with Crippen molar-refractivity contribution in [3.63, 3.8) is 0 Å². The summed E-state index contributed by atoms with van der Waals surface area (Å²) in [5.41, 5.74) is 2.24. The van der Waals surface area contributed by atoms with Crippen LogP contribution in [0.1, 0.15) is 6.92 Å². The topological polar surface area (TPSA) is 133 Å². The molecule has 1 aliphatic heterocycles. The van der Waals surface area contributed by atoms with Gasteiger partial charge >= 0.3 is 0 Å². The van der Waals surface area contributed by atoms with Gasteiger partial charge in [0.05, 0.1) is 6.10 Å². The van der Waals surface area contributed by atoms with Crippen molar-refractivity contribution in [1.29, 1.82) is 0 Å². The molecule has 1 heterocycles. The number of thioether (sulfide) groups is 1. The summed E-state index contributed by atoms with van der Waals surface area (Å²) in [5.74, 6) is -1.00. The lowest BCUT2D eigenvalue weighted by molar-refractivity contribution is -0.194. The Bertz CT molecular complexity index is 311. The van der Waals surface area contributed by atoms with Gasteiger partial charge in [0.1, 0.15) is 29.3 Å². The largest absolute Gasteiger partial charge is 0.388 e. The first-order valence-corrected chi connectivity index (χ1v) is 6.60. The van der Waals surface area contributed by atoms with Crippen molar-refractivity contribution in [2.75, 3.05) is 6.26 Å². The molecular weight excluding hydrogens is 262 g/mol. The number of carbonyl (C=O) groups is 1. The summed E-state index contributed by atoms with van der Waals surface area (Å²) >= 11 is 1.14. The van der Waals surface area contributed by atoms with Crippen molar-refractivity contribution in [1.82, 2.24) is 0 Å². The highest BCUT2D eigenvalue weighted by atomic mass is 32.2. The fourth-order valence-corrected chi connectivity index (χ4v) is 2.29. The maximum absolute atomic E-state index is 11.0. The Hall–Kier alpha value is -0.380. The monoisotopic (exact) mass is 280 g/mol. The van der Waals surface area contributed by atoms with Crippen LogP contribution in [0.25, 0.3) is 0 Å². The highest BCUT2D eigenvalue weighted by Crippen LogP contribution is 2.30. The van der Waals surface area contributed by atoms with E-state index in [0.29, 0.717) is 0 Å². The average molecular weight is 280 g/mol. The molecule has 6 N–H and O–H groups in total. The van der Waals surface area contributed by atoms with E-state index in [0.717, 1.165) is 25.1 Å². The van der Waals surface area contributed by atoms with Gasteiger partial charge in [-0.15, -0.1) is 11.8 Å². The lowest BCUT2D eigenvalue weighted by atomic mass is 9.90. The Kier molecular flexibility index (Phi) is 4.98. The summed E-state index contributed by atoms with van der Waals surface area (Å²) in [7, 11) is 0. The molecule has 1 radical (unpaired) electrons. The van der Waals surface area contributed by atoms with Gasteiger partial charge in [-0.05, 0) is 13.2 Å². The molecule has 0 aromatic carbocycles. The van der Waals surface area contributed by atoms with Crippen LogP contribution < -0.4 is 5.73 Å². The van der Waals surface area contributed by atoms with Crippen molar-refractivity contribution in [3.05, 3.63) is 6.42 Å². The van der Waals surface area contributed by atoms with E-state index in [1.807, 2.05) is 0 Å². The number of aliphatic hydroxyl groups is 4. The molecule has 7 nitrogen and oxygen atoms in total. The van der Waals surface area contributed by atoms with Gasteiger partial charge in [-0.25, -0.2) is 0 Å². The van der Waals surface area contributed by atoms with Crippen LogP contribution in [0.5, 0.6) is 0 Å². The van der Waals surface area contributed by atoms with E-state index in [2.05, 4.69) is 0 Å². The zero-order valence-corrected chi connectivity index (χ0v) is 10.9. The molecule has 105 valence electrons. The number of carbonyl (C=O) groups excluding carboxylic acids is 1. The summed E-state index contributed by atoms with van der Waals surface area (Å²) in [4.78, 5) is 11.0. The first kappa shape index (κ1) is 15.7. The van der Waals surface area contributed by atoms with Crippen molar-refractivity contribution < 1.29 is 30.0 Å². The van der Waals surface area contributed by atoms with Crippen LogP contribution >= 0.6 is 11.8 Å². The molecular formula is C10H18NO6S. The second-order valence-corrected chi connectivity index (χ2v) is 5.29. The van der Waals surface area contributed by atoms with E-state index in [4.69, 9.17) is 10.5 Å². The number of ether oxygens (including phenoxy) is 1. The van der Waals surface area contributed by atoms with E-state index in [9.17, 15) is 25.2 Å². The van der Waals surface area contributed by atoms with Crippen LogP contribution in [0.15, 0.2) is 0 Å². The lowest BCUT2D eigenvalue weighted by Gasteiger charge is -2.41. The van der Waals surface area contributed by atoms with E-state index >= 15 is 0 Å². The highest BCUT2D eigenvalue weighted by molar-refractivity contribution is 7.99. The minimum Gasteiger partial charge on any atom is -0.388 e. The van der Waals surface area contributed by atoms with Crippen molar-refractivity contribution in [3.8, 4) is 0 Å². The molecule has 1 amide bonds. The first-order valence-electron chi connectivity index (χ1n) is 5.31. The quantitative estimate of drug-likeness (QED) is 0.387. The SMILES string of the molecule is CSC1OC([CH]C(C)(O)C(N)=O)C(O)C(O)C1O. The van der Waals surface area contributed by atoms with E-state index in [-0.39, 0.29) is 0 Å². The number of hydrogen-bond donors (Lipinski definition) is 5. The Morgan fingerprint density at radius 3 is 2.33 bits per heavy atom. The Morgan fingerprint density at radius 2 is 1.89 bits per heavy atom. The van der Waals surface area contributed by atoms with Gasteiger partial charge in [0.15, 0.2) is 0 Å². The number of hydrogen-bond acceptors (Lipinski definition) is 7. The molecule has 1 rings (SSSR count). The predicted molar refractivity (Wildman–Crippen MR) is 64.3 cm³/mol. The summed E-state index contributed by atoms with van der Waals surface area (Å²) in [5, 5.41) is 38.7. The molecule has 0 aliphatic carbocycles. The molecule has 0 saturated carbocycles. The predicted octanol–water partition coefficient (Wildman–Crippen LogP) is -2.40. The third-order valence-electron chi connectivity index (χ3n) is 2.83. The number of rotatable bonds is 4. The second kappa shape index (κ2) is 5.72. The highest BCUT2D eigenvalue weighted by Gasteiger charge is 2.46. The third-order valence-corrected chi connectivity index (χ3v) is 3.68. The fraction of sp³-hybridized carbons (Fsp3) is 0.800. The van der Waals surface area contributed by atoms with E-state index in [1.54, 1.807) is 6.26 Å². The van der Waals surface area contributed by atoms with Gasteiger partial charge in [-0.1, -0.05) is 0 Å². The summed E-state index contributed by atoms with van der Waals surface area (Å²) in [6.45, 7) is 1.15. The molecule has 1 saturated heterocycles. The molecule has 0 spiro atoms. The summed E-state index contributed by atoms with van der Waals surface area (Å²) in [6.07, 6.45) is -2.57. The maximum Gasteiger partial charge on any atom is 0.249 e. The van der Waals surface area contributed by atoms with Crippen LogP contribution in [-0.2, 0) is 9.53 Å². The van der Waals surface area contributed by atoms with Gasteiger partial charge in [0.25, 0.3) is 0 Å². The van der Waals surface area contributed by atoms with Crippen LogP contribution in [0.4, 0.5) is 0 Å². The van der Waals surface area contributed by atoms with E-state index < -0.39 is 41.4 Å². The number of nitrogens with two attached hydrogens (primary N) is 1. The minimum absolute atomic E-state index is 0.770. The molecule has 0 aromatic heterocycles. The van der Waals surface area contributed by atoms with Gasteiger partial charge in [-0.3, -0.25) is 4.79 Å². The zero-order chi connectivity index (χ0) is 14.1. The molecule has 6 unspecified atom stereocenters. The van der Waals surface area contributed by atoms with Gasteiger partial charge in [0, 0.05) is 6.42 Å². The van der Waals surface area contributed by atoms with Gasteiger partial charge in [-0.2, -0.15) is 0 Å². The van der Waals surface area contributed by atoms with Crippen LogP contribution in [0.2, 0.25) is 0 Å². The molecule has 0 aromatic rings. The standard InChI is InChI=1S/C10H18NO6S/c1-10(16,9(11)15)3-4-5(12)6(13)7(14)8(17-4)18-2/h3-8,12-14,16H,1-2H3,(H2,11,15). The van der Waals surface area contributed by atoms with E-state index in [1.165, 1.54) is 0 Å². The normalized spacial score (nSPS) is 40.2. The molecule has 0 bridgehead atoms. The van der Waals surface area contributed by atoms with Crippen LogP contribution in [0, 0.1) is 6.42 Å². The summed E-state index contributed by atoms with van der Waals surface area (Å²) < 4.78 is 5.30. The fourth-order valence-electron chi connectivity index (χ4n) is 1.61. The summed E-state index contributed by atoms with van der Waals surface area (Å²) in [6, 6.07) is 0. The lowest BCUT2D eigenvalue weighted by Crippen LogP contribution is -2.59. The maximum atomic E-state index is 11.0. The molecule has 1 aliphatic rings. The van der Waals surface area contributed by atoms with Crippen LogP contribution in [0.3, 0.4) is 0 Å². The molecule has 6 atom stereocenters. The Balaban J connectivity index is 2.79. The second-order valence-electron chi connectivity index (χ2n) is 4.36. The van der Waals surface area contributed by atoms with Gasteiger partial charge in [0.2, 0.25) is 5.91 Å².